The Hall–Kier alpha value is -1.19. The third-order valence-corrected chi connectivity index (χ3v) is 2.94. The van der Waals surface area contributed by atoms with Gasteiger partial charge in [-0.3, -0.25) is 0 Å². The van der Waals surface area contributed by atoms with Crippen molar-refractivity contribution in [2.24, 2.45) is 0 Å². The van der Waals surface area contributed by atoms with Gasteiger partial charge in [-0.05, 0) is 33.6 Å². The minimum atomic E-state index is 0.0564. The Labute approximate surface area is 105 Å². The number of anilines is 2. The highest BCUT2D eigenvalue weighted by Gasteiger charge is 2.21. The normalized spacial score (nSPS) is 11.8. The summed E-state index contributed by atoms with van der Waals surface area (Å²) in [5, 5.41) is 8.01. The summed E-state index contributed by atoms with van der Waals surface area (Å²) in [7, 11) is 0. The van der Waals surface area contributed by atoms with E-state index >= 15 is 0 Å². The molecule has 1 heterocycles. The highest BCUT2D eigenvalue weighted by Crippen LogP contribution is 2.27. The lowest BCUT2D eigenvalue weighted by Crippen LogP contribution is -2.32. The Morgan fingerprint density at radius 3 is 2.47 bits per heavy atom. The Balaban J connectivity index is 2.95. The Bertz CT molecular complexity index is 366. The van der Waals surface area contributed by atoms with E-state index in [1.165, 1.54) is 0 Å². The predicted octanol–water partition coefficient (Wildman–Crippen LogP) is 3.17. The van der Waals surface area contributed by atoms with Crippen LogP contribution in [0.5, 0.6) is 0 Å². The number of nitrogens with two attached hydrogens (primary N) is 1. The molecule has 0 amide bonds. The molecular weight excluding hydrogens is 212 g/mol. The van der Waals surface area contributed by atoms with E-state index in [4.69, 9.17) is 5.73 Å². The van der Waals surface area contributed by atoms with E-state index in [0.29, 0.717) is 0 Å². The smallest absolute Gasteiger partial charge is 0.148 e. The maximum absolute atomic E-state index is 6.09. The highest BCUT2D eigenvalue weighted by atomic mass is 15.3. The van der Waals surface area contributed by atoms with Gasteiger partial charge in [-0.25, -0.2) is 4.68 Å². The molecule has 0 saturated heterocycles. The van der Waals surface area contributed by atoms with E-state index in [9.17, 15) is 0 Å². The summed E-state index contributed by atoms with van der Waals surface area (Å²) in [6.45, 7) is 11.6. The lowest BCUT2D eigenvalue weighted by molar-refractivity contribution is 0.498. The zero-order valence-corrected chi connectivity index (χ0v) is 11.8. The molecule has 4 heteroatoms. The fourth-order valence-corrected chi connectivity index (χ4v) is 2.11. The van der Waals surface area contributed by atoms with Gasteiger partial charge in [-0.15, -0.1) is 0 Å². The van der Waals surface area contributed by atoms with Crippen LogP contribution in [0, 0.1) is 6.92 Å². The fourth-order valence-electron chi connectivity index (χ4n) is 2.11. The van der Waals surface area contributed by atoms with Crippen molar-refractivity contribution >= 4 is 11.5 Å². The van der Waals surface area contributed by atoms with E-state index in [-0.39, 0.29) is 5.54 Å². The molecule has 1 aromatic rings. The summed E-state index contributed by atoms with van der Waals surface area (Å²) in [6, 6.07) is 0. The number of hydrogen-bond acceptors (Lipinski definition) is 3. The van der Waals surface area contributed by atoms with Crippen LogP contribution in [0.3, 0.4) is 0 Å². The van der Waals surface area contributed by atoms with E-state index in [1.807, 2.05) is 11.6 Å². The average molecular weight is 238 g/mol. The van der Waals surface area contributed by atoms with E-state index in [1.54, 1.807) is 0 Å². The summed E-state index contributed by atoms with van der Waals surface area (Å²) < 4.78 is 1.99. The first-order valence-corrected chi connectivity index (χ1v) is 6.52. The van der Waals surface area contributed by atoms with Crippen LogP contribution >= 0.6 is 0 Å². The van der Waals surface area contributed by atoms with Gasteiger partial charge in [0.1, 0.15) is 5.82 Å². The minimum absolute atomic E-state index is 0.0564. The molecule has 0 unspecified atom stereocenters. The molecule has 0 saturated carbocycles. The fraction of sp³-hybridized carbons (Fsp3) is 0.769. The quantitative estimate of drug-likeness (QED) is 0.800. The molecule has 1 rings (SSSR count). The summed E-state index contributed by atoms with van der Waals surface area (Å²) in [5.41, 5.74) is 7.84. The van der Waals surface area contributed by atoms with Crippen molar-refractivity contribution in [1.29, 1.82) is 0 Å². The number of rotatable bonds is 6. The summed E-state index contributed by atoms with van der Waals surface area (Å²) in [5.74, 6) is 0.975. The SMILES string of the molecule is CCCn1nc(C)c(N)c1NC(C)(C)CCC. The van der Waals surface area contributed by atoms with E-state index in [0.717, 1.165) is 43.0 Å². The van der Waals surface area contributed by atoms with Gasteiger partial charge in [0.15, 0.2) is 0 Å². The third kappa shape index (κ3) is 3.38. The van der Waals surface area contributed by atoms with Crippen molar-refractivity contribution in [2.75, 3.05) is 11.1 Å². The summed E-state index contributed by atoms with van der Waals surface area (Å²) >= 11 is 0. The van der Waals surface area contributed by atoms with Gasteiger partial charge in [0, 0.05) is 12.1 Å². The zero-order chi connectivity index (χ0) is 13.1. The topological polar surface area (TPSA) is 55.9 Å². The molecule has 0 aliphatic carbocycles. The molecule has 0 atom stereocenters. The van der Waals surface area contributed by atoms with Crippen molar-refractivity contribution in [1.82, 2.24) is 9.78 Å². The highest BCUT2D eigenvalue weighted by molar-refractivity contribution is 5.65. The lowest BCUT2D eigenvalue weighted by Gasteiger charge is -2.27. The van der Waals surface area contributed by atoms with Gasteiger partial charge in [0.05, 0.1) is 11.4 Å². The maximum Gasteiger partial charge on any atom is 0.148 e. The lowest BCUT2D eigenvalue weighted by atomic mass is 9.99. The van der Waals surface area contributed by atoms with Gasteiger partial charge in [0.25, 0.3) is 0 Å². The third-order valence-electron chi connectivity index (χ3n) is 2.94. The second kappa shape index (κ2) is 5.43. The van der Waals surface area contributed by atoms with Crippen LogP contribution in [0.15, 0.2) is 0 Å². The average Bonchev–Trinajstić information content (AvgIpc) is 2.46. The van der Waals surface area contributed by atoms with E-state index in [2.05, 4.69) is 38.1 Å². The molecule has 0 radical (unpaired) electrons. The van der Waals surface area contributed by atoms with Crippen LogP contribution in [0.4, 0.5) is 11.5 Å². The number of aromatic nitrogens is 2. The van der Waals surface area contributed by atoms with Crippen molar-refractivity contribution in [2.45, 2.75) is 66.0 Å². The number of aryl methyl sites for hydroxylation is 2. The molecular formula is C13H26N4. The molecule has 4 nitrogen and oxygen atoms in total. The van der Waals surface area contributed by atoms with Crippen LogP contribution in [-0.4, -0.2) is 15.3 Å². The Morgan fingerprint density at radius 2 is 1.94 bits per heavy atom. The minimum Gasteiger partial charge on any atom is -0.394 e. The molecule has 0 aliphatic heterocycles. The van der Waals surface area contributed by atoms with Crippen molar-refractivity contribution < 1.29 is 0 Å². The zero-order valence-electron chi connectivity index (χ0n) is 11.8. The van der Waals surface area contributed by atoms with Crippen LogP contribution in [-0.2, 0) is 6.54 Å². The molecule has 0 bridgehead atoms. The summed E-state index contributed by atoms with van der Waals surface area (Å²) in [6.07, 6.45) is 3.33. The molecule has 98 valence electrons. The van der Waals surface area contributed by atoms with Crippen LogP contribution in [0.1, 0.15) is 52.7 Å². The van der Waals surface area contributed by atoms with Gasteiger partial charge in [-0.2, -0.15) is 5.10 Å². The van der Waals surface area contributed by atoms with Crippen molar-refractivity contribution in [3.8, 4) is 0 Å². The monoisotopic (exact) mass is 238 g/mol. The Kier molecular flexibility index (Phi) is 4.43. The van der Waals surface area contributed by atoms with Gasteiger partial charge >= 0.3 is 0 Å². The molecule has 17 heavy (non-hydrogen) atoms. The van der Waals surface area contributed by atoms with Crippen molar-refractivity contribution in [3.63, 3.8) is 0 Å². The second-order valence-electron chi connectivity index (χ2n) is 5.33. The standard InChI is InChI=1S/C13H26N4/c1-6-8-13(4,5)15-12-11(14)10(3)16-17(12)9-7-2/h15H,6-9,14H2,1-5H3. The van der Waals surface area contributed by atoms with Crippen LogP contribution < -0.4 is 11.1 Å². The van der Waals surface area contributed by atoms with Gasteiger partial charge < -0.3 is 11.1 Å². The maximum atomic E-state index is 6.09. The molecule has 0 aromatic carbocycles. The first-order chi connectivity index (χ1) is 7.91. The first kappa shape index (κ1) is 13.9. The number of nitrogens with zero attached hydrogens (tertiary/aromatic N) is 2. The predicted molar refractivity (Wildman–Crippen MR) is 74.3 cm³/mol. The molecule has 0 spiro atoms. The number of nitrogen functional groups attached to an aromatic ring is 1. The molecule has 3 N–H and O–H groups in total. The first-order valence-electron chi connectivity index (χ1n) is 6.52. The Morgan fingerprint density at radius 1 is 1.29 bits per heavy atom. The van der Waals surface area contributed by atoms with Crippen molar-refractivity contribution in [3.05, 3.63) is 5.69 Å². The molecule has 1 aromatic heterocycles. The number of hydrogen-bond donors (Lipinski definition) is 2. The van der Waals surface area contributed by atoms with E-state index < -0.39 is 0 Å². The van der Waals surface area contributed by atoms with Crippen LogP contribution in [0.25, 0.3) is 0 Å². The molecule has 0 fully saturated rings. The second-order valence-corrected chi connectivity index (χ2v) is 5.33. The molecule has 0 aliphatic rings. The van der Waals surface area contributed by atoms with Gasteiger partial charge in [0.2, 0.25) is 0 Å². The van der Waals surface area contributed by atoms with Crippen LogP contribution in [0.2, 0.25) is 0 Å². The van der Waals surface area contributed by atoms with Gasteiger partial charge in [-0.1, -0.05) is 20.3 Å². The number of nitrogens with one attached hydrogen (secondary N) is 1. The summed E-state index contributed by atoms with van der Waals surface area (Å²) in [4.78, 5) is 0. The largest absolute Gasteiger partial charge is 0.394 e.